The molecule has 1 spiro atoms. The van der Waals surface area contributed by atoms with Crippen molar-refractivity contribution in [1.82, 2.24) is 0 Å². The van der Waals surface area contributed by atoms with Crippen molar-refractivity contribution in [2.75, 3.05) is 6.61 Å². The Labute approximate surface area is 42.6 Å². The molecule has 2 aliphatic rings. The summed E-state index contributed by atoms with van der Waals surface area (Å²) in [5.74, 6) is 0. The molecule has 0 unspecified atom stereocenters. The van der Waals surface area contributed by atoms with Crippen LogP contribution in [-0.2, 0) is 4.74 Å². The lowest BCUT2D eigenvalue weighted by Crippen LogP contribution is -2.42. The second-order valence-corrected chi connectivity index (χ2v) is 2.64. The van der Waals surface area contributed by atoms with E-state index in [1.54, 1.807) is 0 Å². The molecule has 2 nitrogen and oxygen atoms in total. The fourth-order valence-electron chi connectivity index (χ4n) is 1.23. The van der Waals surface area contributed by atoms with Gasteiger partial charge >= 0.3 is 0 Å². The zero-order valence-corrected chi connectivity index (χ0v) is 4.18. The van der Waals surface area contributed by atoms with Crippen LogP contribution in [0.15, 0.2) is 0 Å². The molecule has 0 radical (unpaired) electrons. The molecule has 40 valence electrons. The molecule has 1 saturated heterocycles. The van der Waals surface area contributed by atoms with Crippen LogP contribution in [0.4, 0.5) is 0 Å². The Balaban J connectivity index is 1.97. The van der Waals surface area contributed by atoms with Gasteiger partial charge in [0.15, 0.2) is 0 Å². The highest BCUT2D eigenvalue weighted by atomic mass is 16.6. The first kappa shape index (κ1) is 3.87. The average Bonchev–Trinajstić information content (AvgIpc) is 2.14. The van der Waals surface area contributed by atoms with Crippen molar-refractivity contribution < 1.29 is 4.74 Å². The molecule has 1 saturated carbocycles. The maximum atomic E-state index is 5.51. The molecule has 0 aromatic rings. The van der Waals surface area contributed by atoms with Crippen molar-refractivity contribution in [3.8, 4) is 0 Å². The molecule has 1 aliphatic carbocycles. The highest BCUT2D eigenvalue weighted by molar-refractivity contribution is 5.06. The third-order valence-corrected chi connectivity index (χ3v) is 1.82. The van der Waals surface area contributed by atoms with Crippen molar-refractivity contribution >= 4 is 0 Å². The second-order valence-electron chi connectivity index (χ2n) is 2.64. The number of ether oxygens (including phenoxy) is 1. The third kappa shape index (κ3) is 0.409. The quantitative estimate of drug-likeness (QED) is 0.430. The summed E-state index contributed by atoms with van der Waals surface area (Å²) in [5, 5.41) is 0. The number of nitrogens with two attached hydrogens (primary N) is 1. The van der Waals surface area contributed by atoms with Crippen molar-refractivity contribution in [2.45, 2.75) is 24.5 Å². The van der Waals surface area contributed by atoms with Gasteiger partial charge in [-0.2, -0.15) is 0 Å². The standard InChI is InChI=1S/C5H9NO/c6-4-1-5(2-4)3-7-5/h4H,1-3,6H2. The summed E-state index contributed by atoms with van der Waals surface area (Å²) in [6, 6.07) is 0.447. The number of hydrogen-bond donors (Lipinski definition) is 1. The smallest absolute Gasteiger partial charge is 0.0946 e. The summed E-state index contributed by atoms with van der Waals surface area (Å²) >= 11 is 0. The van der Waals surface area contributed by atoms with Crippen LogP contribution in [0.1, 0.15) is 12.8 Å². The molecule has 2 heteroatoms. The van der Waals surface area contributed by atoms with Gasteiger partial charge in [-0.25, -0.2) is 0 Å². The lowest BCUT2D eigenvalue weighted by atomic mass is 9.81. The Kier molecular flexibility index (Phi) is 0.474. The molecule has 0 aromatic carbocycles. The Bertz CT molecular complexity index is 90.3. The number of epoxide rings is 1. The maximum absolute atomic E-state index is 5.51. The average molecular weight is 99.1 g/mol. The largest absolute Gasteiger partial charge is 0.369 e. The van der Waals surface area contributed by atoms with Crippen molar-refractivity contribution in [3.05, 3.63) is 0 Å². The molecule has 0 aromatic heterocycles. The van der Waals surface area contributed by atoms with Gasteiger partial charge in [0.1, 0.15) is 0 Å². The lowest BCUT2D eigenvalue weighted by molar-refractivity contribution is 0.173. The van der Waals surface area contributed by atoms with Crippen LogP contribution in [-0.4, -0.2) is 18.2 Å². The topological polar surface area (TPSA) is 38.5 Å². The number of hydrogen-bond acceptors (Lipinski definition) is 2. The van der Waals surface area contributed by atoms with Crippen LogP contribution >= 0.6 is 0 Å². The second kappa shape index (κ2) is 0.858. The maximum Gasteiger partial charge on any atom is 0.0946 e. The number of rotatable bonds is 0. The van der Waals surface area contributed by atoms with Crippen molar-refractivity contribution in [3.63, 3.8) is 0 Å². The molecule has 2 rings (SSSR count). The summed E-state index contributed by atoms with van der Waals surface area (Å²) < 4.78 is 5.12. The minimum absolute atomic E-state index is 0.319. The van der Waals surface area contributed by atoms with Gasteiger partial charge in [-0.1, -0.05) is 0 Å². The van der Waals surface area contributed by atoms with E-state index < -0.39 is 0 Å². The highest BCUT2D eigenvalue weighted by Crippen LogP contribution is 2.44. The van der Waals surface area contributed by atoms with E-state index in [-0.39, 0.29) is 0 Å². The van der Waals surface area contributed by atoms with Crippen molar-refractivity contribution in [1.29, 1.82) is 0 Å². The van der Waals surface area contributed by atoms with Gasteiger partial charge in [-0.3, -0.25) is 0 Å². The van der Waals surface area contributed by atoms with Crippen LogP contribution in [0.3, 0.4) is 0 Å². The molecule has 2 N–H and O–H groups in total. The summed E-state index contributed by atoms with van der Waals surface area (Å²) in [4.78, 5) is 0. The molecule has 0 bridgehead atoms. The first-order valence-electron chi connectivity index (χ1n) is 2.70. The van der Waals surface area contributed by atoms with E-state index in [0.29, 0.717) is 11.6 Å². The normalized spacial score (nSPS) is 57.0. The van der Waals surface area contributed by atoms with Gasteiger partial charge in [0.2, 0.25) is 0 Å². The molecule has 2 fully saturated rings. The minimum atomic E-state index is 0.319. The van der Waals surface area contributed by atoms with Gasteiger partial charge in [0.05, 0.1) is 12.2 Å². The Morgan fingerprint density at radius 2 is 2.14 bits per heavy atom. The minimum Gasteiger partial charge on any atom is -0.369 e. The van der Waals surface area contributed by atoms with E-state index in [0.717, 1.165) is 19.4 Å². The Hall–Kier alpha value is -0.0800. The van der Waals surface area contributed by atoms with Gasteiger partial charge in [-0.15, -0.1) is 0 Å². The SMILES string of the molecule is NC1CC2(CO2)C1. The van der Waals surface area contributed by atoms with Crippen LogP contribution in [0.5, 0.6) is 0 Å². The highest BCUT2D eigenvalue weighted by Gasteiger charge is 2.53. The predicted molar refractivity (Wildman–Crippen MR) is 25.9 cm³/mol. The Morgan fingerprint density at radius 3 is 2.29 bits per heavy atom. The fourth-order valence-corrected chi connectivity index (χ4v) is 1.23. The fraction of sp³-hybridized carbons (Fsp3) is 1.00. The van der Waals surface area contributed by atoms with E-state index in [1.165, 1.54) is 0 Å². The van der Waals surface area contributed by atoms with E-state index in [1.807, 2.05) is 0 Å². The van der Waals surface area contributed by atoms with E-state index in [2.05, 4.69) is 0 Å². The van der Waals surface area contributed by atoms with Gasteiger partial charge < -0.3 is 10.5 Å². The summed E-state index contributed by atoms with van der Waals surface area (Å²) in [6.07, 6.45) is 2.21. The first-order chi connectivity index (χ1) is 3.31. The van der Waals surface area contributed by atoms with E-state index >= 15 is 0 Å². The van der Waals surface area contributed by atoms with Gasteiger partial charge in [0, 0.05) is 6.04 Å². The van der Waals surface area contributed by atoms with Gasteiger partial charge in [-0.05, 0) is 12.8 Å². The zero-order valence-electron chi connectivity index (χ0n) is 4.18. The van der Waals surface area contributed by atoms with Crippen LogP contribution in [0, 0.1) is 0 Å². The molecule has 0 amide bonds. The summed E-state index contributed by atoms with van der Waals surface area (Å²) in [6.45, 7) is 0.973. The van der Waals surface area contributed by atoms with Crippen molar-refractivity contribution in [2.24, 2.45) is 5.73 Å². The van der Waals surface area contributed by atoms with Gasteiger partial charge in [0.25, 0.3) is 0 Å². The van der Waals surface area contributed by atoms with Crippen LogP contribution in [0.2, 0.25) is 0 Å². The summed E-state index contributed by atoms with van der Waals surface area (Å²) in [5.41, 5.74) is 5.83. The summed E-state index contributed by atoms with van der Waals surface area (Å²) in [7, 11) is 0. The molecule has 1 aliphatic heterocycles. The van der Waals surface area contributed by atoms with E-state index in [9.17, 15) is 0 Å². The molecule has 1 heterocycles. The first-order valence-corrected chi connectivity index (χ1v) is 2.70. The predicted octanol–water partition coefficient (Wildman–Crippen LogP) is -0.124. The Morgan fingerprint density at radius 1 is 1.57 bits per heavy atom. The monoisotopic (exact) mass is 99.1 g/mol. The van der Waals surface area contributed by atoms with E-state index in [4.69, 9.17) is 10.5 Å². The molecule has 7 heavy (non-hydrogen) atoms. The molecule has 0 atom stereocenters. The molecular formula is C5H9NO. The van der Waals surface area contributed by atoms with Crippen LogP contribution in [0.25, 0.3) is 0 Å². The third-order valence-electron chi connectivity index (χ3n) is 1.82. The zero-order chi connectivity index (χ0) is 4.91. The van der Waals surface area contributed by atoms with Crippen LogP contribution < -0.4 is 5.73 Å². The lowest BCUT2D eigenvalue weighted by Gasteiger charge is -2.28. The molecular weight excluding hydrogens is 90.1 g/mol.